The van der Waals surface area contributed by atoms with Crippen molar-refractivity contribution in [3.05, 3.63) is 23.8 Å². The number of hydrogen-bond acceptors (Lipinski definition) is 4. The Kier molecular flexibility index (Phi) is 4.17. The van der Waals surface area contributed by atoms with E-state index in [4.69, 9.17) is 9.47 Å². The van der Waals surface area contributed by atoms with Crippen molar-refractivity contribution in [1.29, 1.82) is 0 Å². The van der Waals surface area contributed by atoms with Crippen molar-refractivity contribution in [2.24, 2.45) is 0 Å². The van der Waals surface area contributed by atoms with E-state index in [-0.39, 0.29) is 6.10 Å². The maximum atomic E-state index is 11.5. The van der Waals surface area contributed by atoms with Gasteiger partial charge < -0.3 is 14.2 Å². The highest BCUT2D eigenvalue weighted by Gasteiger charge is 2.18. The summed E-state index contributed by atoms with van der Waals surface area (Å²) in [6.07, 6.45) is -0.0419. The Morgan fingerprint density at radius 3 is 2.44 bits per heavy atom. The summed E-state index contributed by atoms with van der Waals surface area (Å²) >= 11 is 0. The number of methoxy groups -OCH3 is 2. The van der Waals surface area contributed by atoms with Crippen LogP contribution in [0.2, 0.25) is 0 Å². The van der Waals surface area contributed by atoms with Gasteiger partial charge in [0.2, 0.25) is 0 Å². The Bertz CT molecular complexity index is 371. The summed E-state index contributed by atoms with van der Waals surface area (Å²) in [5, 5.41) is 0. The summed E-state index contributed by atoms with van der Waals surface area (Å²) in [4.78, 5) is 11.5. The number of para-hydroxylation sites is 1. The van der Waals surface area contributed by atoms with Crippen LogP contribution in [-0.2, 0) is 4.74 Å². The van der Waals surface area contributed by atoms with E-state index in [0.717, 1.165) is 0 Å². The summed E-state index contributed by atoms with van der Waals surface area (Å²) in [5.41, 5.74) is 0.371. The molecule has 4 nitrogen and oxygen atoms in total. The zero-order valence-electron chi connectivity index (χ0n) is 9.94. The standard InChI is InChI=1S/C12H16O4/c1-8(2)16-11-9(12(13)15-4)6-5-7-10(11)14-3/h5-8H,1-4H3. The van der Waals surface area contributed by atoms with E-state index in [1.807, 2.05) is 13.8 Å². The van der Waals surface area contributed by atoms with Gasteiger partial charge in [0.15, 0.2) is 11.5 Å². The molecule has 4 heteroatoms. The second-order valence-electron chi connectivity index (χ2n) is 3.50. The third-order valence-corrected chi connectivity index (χ3v) is 1.96. The lowest BCUT2D eigenvalue weighted by molar-refractivity contribution is 0.0593. The molecule has 0 amide bonds. The van der Waals surface area contributed by atoms with Crippen LogP contribution in [0, 0.1) is 0 Å². The highest BCUT2D eigenvalue weighted by atomic mass is 16.5. The van der Waals surface area contributed by atoms with Gasteiger partial charge in [-0.3, -0.25) is 0 Å². The molecular weight excluding hydrogens is 208 g/mol. The average molecular weight is 224 g/mol. The summed E-state index contributed by atoms with van der Waals surface area (Å²) < 4.78 is 15.4. The molecule has 0 aromatic heterocycles. The molecule has 1 aromatic rings. The Hall–Kier alpha value is -1.71. The van der Waals surface area contributed by atoms with E-state index in [0.29, 0.717) is 17.1 Å². The molecule has 1 rings (SSSR count). The number of ether oxygens (including phenoxy) is 3. The van der Waals surface area contributed by atoms with Crippen LogP contribution in [0.15, 0.2) is 18.2 Å². The van der Waals surface area contributed by atoms with Crippen LogP contribution in [0.1, 0.15) is 24.2 Å². The van der Waals surface area contributed by atoms with Crippen molar-refractivity contribution in [1.82, 2.24) is 0 Å². The molecule has 0 saturated heterocycles. The van der Waals surface area contributed by atoms with E-state index in [1.165, 1.54) is 14.2 Å². The quantitative estimate of drug-likeness (QED) is 0.736. The molecule has 0 radical (unpaired) electrons. The van der Waals surface area contributed by atoms with Crippen LogP contribution < -0.4 is 9.47 Å². The fraction of sp³-hybridized carbons (Fsp3) is 0.417. The molecule has 0 saturated carbocycles. The van der Waals surface area contributed by atoms with Gasteiger partial charge in [0, 0.05) is 0 Å². The Morgan fingerprint density at radius 2 is 1.94 bits per heavy atom. The predicted octanol–water partition coefficient (Wildman–Crippen LogP) is 2.27. The fourth-order valence-corrected chi connectivity index (χ4v) is 1.30. The number of carbonyl (C=O) groups excluding carboxylic acids is 1. The lowest BCUT2D eigenvalue weighted by Gasteiger charge is -2.16. The summed E-state index contributed by atoms with van der Waals surface area (Å²) in [5.74, 6) is 0.512. The van der Waals surface area contributed by atoms with Crippen LogP contribution in [0.25, 0.3) is 0 Å². The van der Waals surface area contributed by atoms with Gasteiger partial charge in [-0.05, 0) is 26.0 Å². The molecule has 0 N–H and O–H groups in total. The van der Waals surface area contributed by atoms with Crippen molar-refractivity contribution in [3.63, 3.8) is 0 Å². The number of rotatable bonds is 4. The normalized spacial score (nSPS) is 10.1. The second kappa shape index (κ2) is 5.39. The van der Waals surface area contributed by atoms with Crippen molar-refractivity contribution < 1.29 is 19.0 Å². The van der Waals surface area contributed by atoms with Gasteiger partial charge >= 0.3 is 5.97 Å². The molecular formula is C12H16O4. The fourth-order valence-electron chi connectivity index (χ4n) is 1.30. The van der Waals surface area contributed by atoms with Gasteiger partial charge in [0.25, 0.3) is 0 Å². The van der Waals surface area contributed by atoms with Crippen molar-refractivity contribution in [2.45, 2.75) is 20.0 Å². The number of esters is 1. The van der Waals surface area contributed by atoms with Crippen LogP contribution in [-0.4, -0.2) is 26.3 Å². The van der Waals surface area contributed by atoms with E-state index in [9.17, 15) is 4.79 Å². The smallest absolute Gasteiger partial charge is 0.341 e. The maximum Gasteiger partial charge on any atom is 0.341 e. The zero-order valence-corrected chi connectivity index (χ0v) is 9.94. The SMILES string of the molecule is COC(=O)c1cccc(OC)c1OC(C)C. The lowest BCUT2D eigenvalue weighted by atomic mass is 10.2. The number of hydrogen-bond donors (Lipinski definition) is 0. The molecule has 0 atom stereocenters. The van der Waals surface area contributed by atoms with Gasteiger partial charge in [-0.2, -0.15) is 0 Å². The number of carbonyl (C=O) groups is 1. The van der Waals surface area contributed by atoms with Gasteiger partial charge in [-0.25, -0.2) is 4.79 Å². The Balaban J connectivity index is 3.20. The van der Waals surface area contributed by atoms with E-state index in [2.05, 4.69) is 4.74 Å². The Morgan fingerprint density at radius 1 is 1.25 bits per heavy atom. The summed E-state index contributed by atoms with van der Waals surface area (Å²) in [6.45, 7) is 3.76. The second-order valence-corrected chi connectivity index (χ2v) is 3.50. The number of benzene rings is 1. The third-order valence-electron chi connectivity index (χ3n) is 1.96. The topological polar surface area (TPSA) is 44.8 Å². The molecule has 0 unspecified atom stereocenters. The molecule has 0 aliphatic rings. The predicted molar refractivity (Wildman–Crippen MR) is 60.1 cm³/mol. The van der Waals surface area contributed by atoms with Crippen LogP contribution in [0.5, 0.6) is 11.5 Å². The van der Waals surface area contributed by atoms with Gasteiger partial charge in [0.05, 0.1) is 20.3 Å². The molecule has 0 fully saturated rings. The lowest BCUT2D eigenvalue weighted by Crippen LogP contribution is -2.12. The zero-order chi connectivity index (χ0) is 12.1. The molecule has 0 spiro atoms. The van der Waals surface area contributed by atoms with E-state index < -0.39 is 5.97 Å². The van der Waals surface area contributed by atoms with Gasteiger partial charge in [-0.15, -0.1) is 0 Å². The minimum Gasteiger partial charge on any atom is -0.493 e. The first-order valence-corrected chi connectivity index (χ1v) is 5.02. The van der Waals surface area contributed by atoms with Gasteiger partial charge in [-0.1, -0.05) is 6.07 Å². The highest BCUT2D eigenvalue weighted by Crippen LogP contribution is 2.32. The minimum absolute atomic E-state index is 0.0419. The first-order valence-electron chi connectivity index (χ1n) is 5.02. The average Bonchev–Trinajstić information content (AvgIpc) is 2.27. The molecule has 0 heterocycles. The molecule has 16 heavy (non-hydrogen) atoms. The van der Waals surface area contributed by atoms with Crippen molar-refractivity contribution >= 4 is 5.97 Å². The van der Waals surface area contributed by atoms with Gasteiger partial charge in [0.1, 0.15) is 5.56 Å². The van der Waals surface area contributed by atoms with Crippen molar-refractivity contribution in [3.8, 4) is 11.5 Å². The molecule has 0 aliphatic heterocycles. The molecule has 88 valence electrons. The highest BCUT2D eigenvalue weighted by molar-refractivity contribution is 5.93. The largest absolute Gasteiger partial charge is 0.493 e. The summed E-state index contributed by atoms with van der Waals surface area (Å²) in [6, 6.07) is 5.11. The maximum absolute atomic E-state index is 11.5. The van der Waals surface area contributed by atoms with E-state index >= 15 is 0 Å². The Labute approximate surface area is 95.1 Å². The van der Waals surface area contributed by atoms with Crippen molar-refractivity contribution in [2.75, 3.05) is 14.2 Å². The molecule has 0 bridgehead atoms. The monoisotopic (exact) mass is 224 g/mol. The van der Waals surface area contributed by atoms with E-state index in [1.54, 1.807) is 18.2 Å². The third kappa shape index (κ3) is 2.66. The first kappa shape index (κ1) is 12.4. The minimum atomic E-state index is -0.436. The van der Waals surface area contributed by atoms with Crippen LogP contribution in [0.3, 0.4) is 0 Å². The molecule has 1 aromatic carbocycles. The first-order chi connectivity index (χ1) is 7.60. The summed E-state index contributed by atoms with van der Waals surface area (Å²) in [7, 11) is 2.87. The van der Waals surface area contributed by atoms with Crippen LogP contribution >= 0.6 is 0 Å². The molecule has 0 aliphatic carbocycles. The van der Waals surface area contributed by atoms with Crippen LogP contribution in [0.4, 0.5) is 0 Å².